The van der Waals surface area contributed by atoms with E-state index in [0.29, 0.717) is 0 Å². The summed E-state index contributed by atoms with van der Waals surface area (Å²) in [5.74, 6) is 0. The van der Waals surface area contributed by atoms with Crippen LogP contribution in [0, 0.1) is 0 Å². The van der Waals surface area contributed by atoms with Gasteiger partial charge in [0.25, 0.3) is 0 Å². The molecule has 3 aromatic carbocycles. The van der Waals surface area contributed by atoms with Crippen molar-refractivity contribution in [2.45, 2.75) is 19.6 Å². The third-order valence-electron chi connectivity index (χ3n) is 2.76. The zero-order valence-corrected chi connectivity index (χ0v) is 12.5. The fraction of sp³-hybridized carbons (Fsp3) is 0. The van der Waals surface area contributed by atoms with Crippen LogP contribution < -0.4 is 0 Å². The maximum atomic E-state index is 2.25. The smallest absolute Gasteiger partial charge is 0.0133 e. The standard InChI is InChI=1S/C18H14S2/c1-3-8-15(9-4-1)19-17-12-7-13-18(14-17)20-16-10-5-2-6-11-16/h1-14H. The zero-order chi connectivity index (χ0) is 13.6. The fourth-order valence-corrected chi connectivity index (χ4v) is 3.72. The van der Waals surface area contributed by atoms with Crippen molar-refractivity contribution < 1.29 is 0 Å². The van der Waals surface area contributed by atoms with E-state index in [1.54, 1.807) is 23.5 Å². The highest BCUT2D eigenvalue weighted by molar-refractivity contribution is 8.00. The first-order valence-electron chi connectivity index (χ1n) is 6.46. The van der Waals surface area contributed by atoms with Crippen LogP contribution in [-0.2, 0) is 0 Å². The number of rotatable bonds is 4. The predicted molar refractivity (Wildman–Crippen MR) is 87.6 cm³/mol. The molecule has 0 saturated heterocycles. The molecule has 0 aliphatic rings. The van der Waals surface area contributed by atoms with E-state index in [9.17, 15) is 0 Å². The molecule has 0 aliphatic carbocycles. The molecule has 3 rings (SSSR count). The van der Waals surface area contributed by atoms with E-state index in [4.69, 9.17) is 0 Å². The average molecular weight is 294 g/mol. The summed E-state index contributed by atoms with van der Waals surface area (Å²) in [5.41, 5.74) is 0. The van der Waals surface area contributed by atoms with Crippen molar-refractivity contribution in [2.75, 3.05) is 0 Å². The van der Waals surface area contributed by atoms with Crippen LogP contribution >= 0.6 is 23.5 Å². The molecule has 0 aliphatic heterocycles. The highest BCUT2D eigenvalue weighted by atomic mass is 32.2. The lowest BCUT2D eigenvalue weighted by Crippen LogP contribution is -1.76. The summed E-state index contributed by atoms with van der Waals surface area (Å²) < 4.78 is 0. The molecule has 0 spiro atoms. The summed E-state index contributed by atoms with van der Waals surface area (Å²) in [6.07, 6.45) is 0. The van der Waals surface area contributed by atoms with Crippen molar-refractivity contribution in [3.63, 3.8) is 0 Å². The van der Waals surface area contributed by atoms with Crippen molar-refractivity contribution in [1.29, 1.82) is 0 Å². The molecule has 0 atom stereocenters. The molecule has 0 N–H and O–H groups in total. The van der Waals surface area contributed by atoms with E-state index in [2.05, 4.69) is 72.8 Å². The highest BCUT2D eigenvalue weighted by Crippen LogP contribution is 2.33. The maximum Gasteiger partial charge on any atom is 0.0133 e. The average Bonchev–Trinajstić information content (AvgIpc) is 2.50. The molecule has 3 aromatic rings. The van der Waals surface area contributed by atoms with Crippen LogP contribution in [0.2, 0.25) is 0 Å². The monoisotopic (exact) mass is 294 g/mol. The Morgan fingerprint density at radius 2 is 0.800 bits per heavy atom. The van der Waals surface area contributed by atoms with Gasteiger partial charge < -0.3 is 0 Å². The van der Waals surface area contributed by atoms with Gasteiger partial charge in [0.1, 0.15) is 0 Å². The highest BCUT2D eigenvalue weighted by Gasteiger charge is 2.00. The lowest BCUT2D eigenvalue weighted by atomic mass is 10.4. The van der Waals surface area contributed by atoms with E-state index in [-0.39, 0.29) is 0 Å². The molecule has 0 saturated carbocycles. The van der Waals surface area contributed by atoms with Gasteiger partial charge in [-0.25, -0.2) is 0 Å². The first-order valence-corrected chi connectivity index (χ1v) is 8.09. The summed E-state index contributed by atoms with van der Waals surface area (Å²) in [5, 5.41) is 0. The number of hydrogen-bond acceptors (Lipinski definition) is 2. The Kier molecular flexibility index (Phi) is 4.46. The molecule has 0 nitrogen and oxygen atoms in total. The number of benzene rings is 3. The first kappa shape index (κ1) is 13.3. The van der Waals surface area contributed by atoms with Crippen molar-refractivity contribution in [1.82, 2.24) is 0 Å². The summed E-state index contributed by atoms with van der Waals surface area (Å²) in [6, 6.07) is 29.6. The zero-order valence-electron chi connectivity index (χ0n) is 10.9. The predicted octanol–water partition coefficient (Wildman–Crippen LogP) is 5.99. The van der Waals surface area contributed by atoms with Crippen molar-refractivity contribution in [2.24, 2.45) is 0 Å². The summed E-state index contributed by atoms with van der Waals surface area (Å²) in [6.45, 7) is 0. The van der Waals surface area contributed by atoms with Crippen molar-refractivity contribution in [3.05, 3.63) is 84.9 Å². The molecule has 0 radical (unpaired) electrons. The van der Waals surface area contributed by atoms with Crippen LogP contribution in [0.15, 0.2) is 105 Å². The molecule has 0 amide bonds. The molecule has 20 heavy (non-hydrogen) atoms. The third kappa shape index (κ3) is 3.69. The Hall–Kier alpha value is -1.64. The number of hydrogen-bond donors (Lipinski definition) is 0. The van der Waals surface area contributed by atoms with Gasteiger partial charge in [0, 0.05) is 19.6 Å². The van der Waals surface area contributed by atoms with Gasteiger partial charge in [-0.2, -0.15) is 0 Å². The topological polar surface area (TPSA) is 0 Å². The van der Waals surface area contributed by atoms with Gasteiger partial charge in [-0.05, 0) is 42.5 Å². The Labute approximate surface area is 128 Å². The quantitative estimate of drug-likeness (QED) is 0.579. The van der Waals surface area contributed by atoms with Gasteiger partial charge in [0.05, 0.1) is 0 Å². The minimum absolute atomic E-state index is 1.27. The van der Waals surface area contributed by atoms with E-state index < -0.39 is 0 Å². The largest absolute Gasteiger partial charge is 0.0901 e. The van der Waals surface area contributed by atoms with Crippen LogP contribution in [-0.4, -0.2) is 0 Å². The second-order valence-corrected chi connectivity index (χ2v) is 6.60. The molecule has 0 bridgehead atoms. The molecule has 0 unspecified atom stereocenters. The third-order valence-corrected chi connectivity index (χ3v) is 4.76. The SMILES string of the molecule is c1ccc(Sc2cccc(Sc3ccccc3)c2)cc1. The Morgan fingerprint density at radius 1 is 0.400 bits per heavy atom. The second kappa shape index (κ2) is 6.69. The van der Waals surface area contributed by atoms with Crippen LogP contribution in [0.4, 0.5) is 0 Å². The van der Waals surface area contributed by atoms with Crippen molar-refractivity contribution >= 4 is 23.5 Å². The molecular formula is C18H14S2. The first-order chi connectivity index (χ1) is 9.90. The van der Waals surface area contributed by atoms with Gasteiger partial charge in [0.2, 0.25) is 0 Å². The molecule has 0 fully saturated rings. The van der Waals surface area contributed by atoms with Crippen LogP contribution in [0.5, 0.6) is 0 Å². The normalized spacial score (nSPS) is 10.4. The molecule has 0 heterocycles. The van der Waals surface area contributed by atoms with Gasteiger partial charge in [-0.1, -0.05) is 66.0 Å². The Morgan fingerprint density at radius 3 is 1.25 bits per heavy atom. The van der Waals surface area contributed by atoms with Gasteiger partial charge in [-0.3, -0.25) is 0 Å². The van der Waals surface area contributed by atoms with E-state index >= 15 is 0 Å². The maximum absolute atomic E-state index is 2.25. The van der Waals surface area contributed by atoms with Crippen LogP contribution in [0.25, 0.3) is 0 Å². The lowest BCUT2D eigenvalue weighted by molar-refractivity contribution is 1.31. The minimum Gasteiger partial charge on any atom is -0.0901 e. The van der Waals surface area contributed by atoms with E-state index in [1.807, 2.05) is 12.1 Å². The van der Waals surface area contributed by atoms with Gasteiger partial charge in [-0.15, -0.1) is 0 Å². The molecule has 98 valence electrons. The van der Waals surface area contributed by atoms with Crippen LogP contribution in [0.1, 0.15) is 0 Å². The molecule has 0 aromatic heterocycles. The van der Waals surface area contributed by atoms with Gasteiger partial charge >= 0.3 is 0 Å². The summed E-state index contributed by atoms with van der Waals surface area (Å²) in [7, 11) is 0. The minimum atomic E-state index is 1.27. The summed E-state index contributed by atoms with van der Waals surface area (Å²) in [4.78, 5) is 5.10. The van der Waals surface area contributed by atoms with E-state index in [0.717, 1.165) is 0 Å². The fourth-order valence-electron chi connectivity index (χ4n) is 1.85. The van der Waals surface area contributed by atoms with Crippen molar-refractivity contribution in [3.8, 4) is 0 Å². The summed E-state index contributed by atoms with van der Waals surface area (Å²) >= 11 is 3.60. The lowest BCUT2D eigenvalue weighted by Gasteiger charge is -2.05. The van der Waals surface area contributed by atoms with Crippen LogP contribution in [0.3, 0.4) is 0 Å². The van der Waals surface area contributed by atoms with Gasteiger partial charge in [0.15, 0.2) is 0 Å². The molecular weight excluding hydrogens is 280 g/mol. The Bertz CT molecular complexity index is 607. The van der Waals surface area contributed by atoms with E-state index in [1.165, 1.54) is 19.6 Å². The second-order valence-electron chi connectivity index (χ2n) is 4.31. The Balaban J connectivity index is 1.76. The molecule has 2 heteroatoms.